The topological polar surface area (TPSA) is 69.6 Å². The van der Waals surface area contributed by atoms with Gasteiger partial charge in [-0.05, 0) is 18.9 Å². The number of benzene rings is 1. The highest BCUT2D eigenvalue weighted by molar-refractivity contribution is 5.84. The Kier molecular flexibility index (Phi) is 6.66. The maximum Gasteiger partial charge on any atom is 0.239 e. The molecule has 132 valence electrons. The summed E-state index contributed by atoms with van der Waals surface area (Å²) < 4.78 is 26.4. The van der Waals surface area contributed by atoms with Gasteiger partial charge in [-0.1, -0.05) is 18.9 Å². The molecule has 1 fully saturated rings. The summed E-state index contributed by atoms with van der Waals surface area (Å²) in [5.74, 6) is -2.06. The Bertz CT molecular complexity index is 595. The summed E-state index contributed by atoms with van der Waals surface area (Å²) in [7, 11) is 0. The summed E-state index contributed by atoms with van der Waals surface area (Å²) >= 11 is 0. The second-order valence-electron chi connectivity index (χ2n) is 5.97. The van der Waals surface area contributed by atoms with Crippen molar-refractivity contribution in [2.75, 3.05) is 19.6 Å². The molecule has 0 spiro atoms. The van der Waals surface area contributed by atoms with Crippen LogP contribution in [0.25, 0.3) is 0 Å². The summed E-state index contributed by atoms with van der Waals surface area (Å²) in [5.41, 5.74) is -0.0842. The predicted molar refractivity (Wildman–Crippen MR) is 84.0 cm³/mol. The van der Waals surface area contributed by atoms with Crippen molar-refractivity contribution in [2.45, 2.75) is 38.2 Å². The van der Waals surface area contributed by atoms with Gasteiger partial charge in [0.05, 0.1) is 12.6 Å². The van der Waals surface area contributed by atoms with Crippen LogP contribution in [0.5, 0.6) is 0 Å². The van der Waals surface area contributed by atoms with Crippen molar-refractivity contribution in [2.24, 2.45) is 0 Å². The second kappa shape index (κ2) is 8.73. The number of carbonyl (C=O) groups excluding carboxylic acids is 2. The van der Waals surface area contributed by atoms with Gasteiger partial charge < -0.3 is 15.3 Å². The van der Waals surface area contributed by atoms with E-state index in [-0.39, 0.29) is 24.6 Å². The lowest BCUT2D eigenvalue weighted by Gasteiger charge is -2.24. The fourth-order valence-corrected chi connectivity index (χ4v) is 2.70. The molecule has 24 heavy (non-hydrogen) atoms. The Morgan fingerprint density at radius 1 is 1.25 bits per heavy atom. The van der Waals surface area contributed by atoms with Crippen LogP contribution in [0.15, 0.2) is 18.2 Å². The van der Waals surface area contributed by atoms with Crippen molar-refractivity contribution in [1.29, 1.82) is 0 Å². The molecule has 2 amide bonds. The predicted octanol–water partition coefficient (Wildman–Crippen LogP) is 1.91. The molecule has 5 nitrogen and oxygen atoms in total. The molecule has 1 aromatic rings. The highest BCUT2D eigenvalue weighted by Gasteiger charge is 2.19. The van der Waals surface area contributed by atoms with E-state index in [2.05, 4.69) is 5.32 Å². The van der Waals surface area contributed by atoms with Crippen LogP contribution in [-0.4, -0.2) is 41.5 Å². The number of rotatable bonds is 5. The third-order valence-corrected chi connectivity index (χ3v) is 4.07. The number of amides is 2. The average Bonchev–Trinajstić information content (AvgIpc) is 2.52. The Morgan fingerprint density at radius 3 is 2.75 bits per heavy atom. The van der Waals surface area contributed by atoms with Gasteiger partial charge in [0.1, 0.15) is 11.6 Å². The molecule has 2 rings (SSSR count). The van der Waals surface area contributed by atoms with Crippen molar-refractivity contribution < 1.29 is 23.5 Å². The molecule has 1 aliphatic heterocycles. The van der Waals surface area contributed by atoms with Gasteiger partial charge in [0, 0.05) is 31.1 Å². The number of aliphatic hydroxyl groups excluding tert-OH is 1. The van der Waals surface area contributed by atoms with E-state index in [9.17, 15) is 23.5 Å². The Hall–Kier alpha value is -2.02. The molecular formula is C17H22F2N2O3. The average molecular weight is 340 g/mol. The van der Waals surface area contributed by atoms with Crippen LogP contribution in [0.2, 0.25) is 0 Å². The van der Waals surface area contributed by atoms with Crippen molar-refractivity contribution in [3.8, 4) is 0 Å². The summed E-state index contributed by atoms with van der Waals surface area (Å²) in [5, 5.41) is 12.4. The quantitative estimate of drug-likeness (QED) is 0.860. The Morgan fingerprint density at radius 2 is 2.00 bits per heavy atom. The summed E-state index contributed by atoms with van der Waals surface area (Å²) in [6, 6.07) is 2.87. The summed E-state index contributed by atoms with van der Waals surface area (Å²) in [6.45, 7) is 0.266. The molecule has 1 aliphatic rings. The first-order chi connectivity index (χ1) is 11.5. The first-order valence-corrected chi connectivity index (χ1v) is 8.15. The molecule has 0 radical (unpaired) electrons. The highest BCUT2D eigenvalue weighted by atomic mass is 19.1. The first-order valence-electron chi connectivity index (χ1n) is 8.15. The first kappa shape index (κ1) is 18.3. The van der Waals surface area contributed by atoms with Crippen molar-refractivity contribution in [1.82, 2.24) is 10.2 Å². The van der Waals surface area contributed by atoms with Gasteiger partial charge in [-0.15, -0.1) is 0 Å². The van der Waals surface area contributed by atoms with Crippen LogP contribution in [-0.2, 0) is 9.59 Å². The molecule has 0 aliphatic carbocycles. The van der Waals surface area contributed by atoms with Crippen LogP contribution < -0.4 is 5.32 Å². The van der Waals surface area contributed by atoms with Crippen molar-refractivity contribution >= 4 is 11.8 Å². The monoisotopic (exact) mass is 340 g/mol. The van der Waals surface area contributed by atoms with Gasteiger partial charge in [-0.3, -0.25) is 9.59 Å². The van der Waals surface area contributed by atoms with Crippen LogP contribution in [0.4, 0.5) is 8.78 Å². The number of halogens is 2. The van der Waals surface area contributed by atoms with Crippen LogP contribution >= 0.6 is 0 Å². The van der Waals surface area contributed by atoms with E-state index in [0.717, 1.165) is 37.8 Å². The van der Waals surface area contributed by atoms with Gasteiger partial charge in [0.25, 0.3) is 0 Å². The minimum Gasteiger partial charge on any atom is -0.386 e. The Labute approximate surface area is 139 Å². The zero-order valence-electron chi connectivity index (χ0n) is 13.4. The third-order valence-electron chi connectivity index (χ3n) is 4.07. The molecule has 0 unspecified atom stereocenters. The number of nitrogens with zero attached hydrogens (tertiary/aromatic N) is 1. The fraction of sp³-hybridized carbons (Fsp3) is 0.529. The van der Waals surface area contributed by atoms with Crippen LogP contribution in [0.1, 0.15) is 43.8 Å². The van der Waals surface area contributed by atoms with E-state index in [1.54, 1.807) is 0 Å². The van der Waals surface area contributed by atoms with Crippen molar-refractivity contribution in [3.05, 3.63) is 35.4 Å². The normalized spacial score (nSPS) is 17.1. The van der Waals surface area contributed by atoms with Gasteiger partial charge >= 0.3 is 0 Å². The standard InChI is InChI=1S/C17H22F2N2O3/c18-12-6-7-13(14(19)9-12)15(22)10-20-16(23)11-21-8-4-2-1-3-5-17(21)24/h6-7,9,15,22H,1-5,8,10-11H2,(H,20,23)/t15-/m0/s1. The van der Waals surface area contributed by atoms with E-state index in [4.69, 9.17) is 0 Å². The third kappa shape index (κ3) is 5.26. The lowest BCUT2D eigenvalue weighted by Crippen LogP contribution is -2.42. The number of likely N-dealkylation sites (tertiary alicyclic amines) is 1. The number of hydrogen-bond donors (Lipinski definition) is 2. The molecule has 0 saturated carbocycles. The lowest BCUT2D eigenvalue weighted by atomic mass is 10.1. The molecular weight excluding hydrogens is 318 g/mol. The maximum absolute atomic E-state index is 13.6. The largest absolute Gasteiger partial charge is 0.386 e. The van der Waals surface area contributed by atoms with Crippen LogP contribution in [0.3, 0.4) is 0 Å². The van der Waals surface area contributed by atoms with E-state index in [1.165, 1.54) is 4.90 Å². The molecule has 7 heteroatoms. The number of hydrogen-bond acceptors (Lipinski definition) is 3. The lowest BCUT2D eigenvalue weighted by molar-refractivity contribution is -0.136. The highest BCUT2D eigenvalue weighted by Crippen LogP contribution is 2.17. The number of nitrogens with one attached hydrogen (secondary N) is 1. The van der Waals surface area contributed by atoms with Crippen LogP contribution in [0, 0.1) is 11.6 Å². The minimum absolute atomic E-state index is 0.0463. The number of aliphatic hydroxyl groups is 1. The second-order valence-corrected chi connectivity index (χ2v) is 5.97. The van der Waals surface area contributed by atoms with Crippen molar-refractivity contribution in [3.63, 3.8) is 0 Å². The van der Waals surface area contributed by atoms with E-state index in [0.29, 0.717) is 19.0 Å². The molecule has 2 N–H and O–H groups in total. The van der Waals surface area contributed by atoms with Gasteiger partial charge in [-0.25, -0.2) is 8.78 Å². The molecule has 1 heterocycles. The number of carbonyl (C=O) groups is 2. The maximum atomic E-state index is 13.6. The van der Waals surface area contributed by atoms with E-state index in [1.807, 2.05) is 0 Å². The molecule has 1 saturated heterocycles. The fourth-order valence-electron chi connectivity index (χ4n) is 2.70. The molecule has 0 aromatic heterocycles. The van der Waals surface area contributed by atoms with E-state index < -0.39 is 23.6 Å². The summed E-state index contributed by atoms with van der Waals surface area (Å²) in [6.07, 6.45) is 2.92. The SMILES string of the molecule is O=C(CN1CCCCCCC1=O)NC[C@H](O)c1ccc(F)cc1F. The minimum atomic E-state index is -1.28. The molecule has 1 atom stereocenters. The summed E-state index contributed by atoms with van der Waals surface area (Å²) in [4.78, 5) is 25.4. The smallest absolute Gasteiger partial charge is 0.239 e. The molecule has 0 bridgehead atoms. The van der Waals surface area contributed by atoms with Gasteiger partial charge in [-0.2, -0.15) is 0 Å². The van der Waals surface area contributed by atoms with E-state index >= 15 is 0 Å². The van der Waals surface area contributed by atoms with Gasteiger partial charge in [0.2, 0.25) is 11.8 Å². The van der Waals surface area contributed by atoms with Gasteiger partial charge in [0.15, 0.2) is 0 Å². The Balaban J connectivity index is 1.84. The zero-order valence-corrected chi connectivity index (χ0v) is 13.4. The molecule has 1 aromatic carbocycles. The zero-order chi connectivity index (χ0) is 17.5.